The zero-order chi connectivity index (χ0) is 19.1. The molecule has 0 unspecified atom stereocenters. The summed E-state index contributed by atoms with van der Waals surface area (Å²) < 4.78 is 1.91. The zero-order valence-electron chi connectivity index (χ0n) is 16.1. The number of aromatic nitrogens is 3. The molecule has 3 heterocycles. The van der Waals surface area contributed by atoms with Gasteiger partial charge in [-0.2, -0.15) is 0 Å². The van der Waals surface area contributed by atoms with Gasteiger partial charge in [0.05, 0.1) is 17.8 Å². The van der Waals surface area contributed by atoms with Gasteiger partial charge in [-0.3, -0.25) is 4.90 Å². The Kier molecular flexibility index (Phi) is 4.78. The molecule has 1 saturated heterocycles. The van der Waals surface area contributed by atoms with Crippen LogP contribution in [0, 0.1) is 6.92 Å². The largest absolute Gasteiger partial charge is 0.391 e. The normalized spacial score (nSPS) is 25.9. The smallest absolute Gasteiger partial charge is 0.0923 e. The summed E-state index contributed by atoms with van der Waals surface area (Å²) in [6.07, 6.45) is 4.76. The van der Waals surface area contributed by atoms with Crippen LogP contribution in [0.1, 0.15) is 59.0 Å². The van der Waals surface area contributed by atoms with E-state index in [-0.39, 0.29) is 12.1 Å². The third-order valence-corrected chi connectivity index (χ3v) is 6.90. The maximum absolute atomic E-state index is 11.0. The minimum atomic E-state index is -0.431. The summed E-state index contributed by atoms with van der Waals surface area (Å²) in [5, 5.41) is 21.9. The van der Waals surface area contributed by atoms with Gasteiger partial charge >= 0.3 is 0 Å². The average molecular weight is 395 g/mol. The van der Waals surface area contributed by atoms with Gasteiger partial charge in [0.1, 0.15) is 0 Å². The number of benzene rings is 1. The summed E-state index contributed by atoms with van der Waals surface area (Å²) >= 11 is 1.79. The molecular formula is C22H26N4OS. The molecule has 2 aromatic heterocycles. The van der Waals surface area contributed by atoms with E-state index >= 15 is 0 Å². The second-order valence-corrected chi connectivity index (χ2v) is 9.24. The number of hydrogen-bond donors (Lipinski definition) is 1. The van der Waals surface area contributed by atoms with Gasteiger partial charge in [-0.25, -0.2) is 4.68 Å². The van der Waals surface area contributed by atoms with E-state index in [9.17, 15) is 5.11 Å². The van der Waals surface area contributed by atoms with Crippen LogP contribution in [-0.4, -0.2) is 37.6 Å². The Morgan fingerprint density at radius 1 is 1.18 bits per heavy atom. The van der Waals surface area contributed by atoms with Crippen molar-refractivity contribution >= 4 is 11.3 Å². The summed E-state index contributed by atoms with van der Waals surface area (Å²) in [7, 11) is 0. The van der Waals surface area contributed by atoms with E-state index in [2.05, 4.69) is 70.1 Å². The Hall–Kier alpha value is -2.02. The molecule has 3 atom stereocenters. The fourth-order valence-electron chi connectivity index (χ4n) is 4.22. The molecule has 1 N–H and O–H groups in total. The van der Waals surface area contributed by atoms with E-state index in [1.54, 1.807) is 11.3 Å². The number of rotatable bonds is 5. The van der Waals surface area contributed by atoms with Gasteiger partial charge in [0.25, 0.3) is 0 Å². The summed E-state index contributed by atoms with van der Waals surface area (Å²) in [5.41, 5.74) is 3.62. The number of aliphatic hydroxyl groups excluding tert-OH is 1. The molecule has 5 nitrogen and oxygen atoms in total. The van der Waals surface area contributed by atoms with E-state index < -0.39 is 6.10 Å². The van der Waals surface area contributed by atoms with Crippen molar-refractivity contribution in [2.45, 2.75) is 56.8 Å². The highest BCUT2D eigenvalue weighted by atomic mass is 32.1. The van der Waals surface area contributed by atoms with Crippen LogP contribution in [-0.2, 0) is 6.54 Å². The molecule has 1 aromatic carbocycles. The van der Waals surface area contributed by atoms with E-state index in [1.165, 1.54) is 28.8 Å². The van der Waals surface area contributed by atoms with E-state index in [4.69, 9.17) is 0 Å². The summed E-state index contributed by atoms with van der Waals surface area (Å²) in [6.45, 7) is 3.77. The monoisotopic (exact) mass is 394 g/mol. The molecule has 0 bridgehead atoms. The van der Waals surface area contributed by atoms with Crippen molar-refractivity contribution in [1.29, 1.82) is 0 Å². The molecule has 28 heavy (non-hydrogen) atoms. The van der Waals surface area contributed by atoms with Crippen molar-refractivity contribution in [2.75, 3.05) is 6.54 Å². The van der Waals surface area contributed by atoms with Crippen molar-refractivity contribution in [2.24, 2.45) is 0 Å². The SMILES string of the molecule is Cc1ccc([C@H]2C[C@H](O)[C@@H](n3cc(C4CC4)nn3)CN2Cc2cccs2)cc1. The van der Waals surface area contributed by atoms with Crippen LogP contribution in [0.5, 0.6) is 0 Å². The van der Waals surface area contributed by atoms with Crippen LogP contribution < -0.4 is 0 Å². The Morgan fingerprint density at radius 3 is 2.71 bits per heavy atom. The Labute approximate surface area is 169 Å². The van der Waals surface area contributed by atoms with Gasteiger partial charge in [0, 0.05) is 36.1 Å². The first-order valence-corrected chi connectivity index (χ1v) is 11.0. The van der Waals surface area contributed by atoms with Crippen molar-refractivity contribution in [3.8, 4) is 0 Å². The highest BCUT2D eigenvalue weighted by Gasteiger charge is 2.38. The van der Waals surface area contributed by atoms with Crippen LogP contribution in [0.15, 0.2) is 48.0 Å². The fourth-order valence-corrected chi connectivity index (χ4v) is 4.95. The number of aliphatic hydroxyl groups is 1. The molecule has 6 heteroatoms. The lowest BCUT2D eigenvalue weighted by Crippen LogP contribution is -2.45. The minimum absolute atomic E-state index is 0.0540. The standard InChI is InChI=1S/C22H26N4OS/c1-15-4-6-17(7-5-15)20-11-22(27)21(14-25(20)12-18-3-2-10-28-18)26-13-19(23-24-26)16-8-9-16/h2-7,10,13,16,20-22,27H,8-9,11-12,14H2,1H3/t20-,21+,22+/m1/s1. The summed E-state index contributed by atoms with van der Waals surface area (Å²) in [6, 6.07) is 13.2. The van der Waals surface area contributed by atoms with Crippen molar-refractivity contribution < 1.29 is 5.11 Å². The Morgan fingerprint density at radius 2 is 2.00 bits per heavy atom. The maximum Gasteiger partial charge on any atom is 0.0923 e. The van der Waals surface area contributed by atoms with E-state index in [0.717, 1.165) is 18.8 Å². The number of hydrogen-bond acceptors (Lipinski definition) is 5. The molecule has 2 aliphatic rings. The molecule has 1 saturated carbocycles. The summed E-state index contributed by atoms with van der Waals surface area (Å²) in [4.78, 5) is 3.84. The van der Waals surface area contributed by atoms with Gasteiger partial charge in [-0.1, -0.05) is 41.1 Å². The van der Waals surface area contributed by atoms with Crippen LogP contribution in [0.3, 0.4) is 0 Å². The fraction of sp³-hybridized carbons (Fsp3) is 0.455. The number of thiophene rings is 1. The second-order valence-electron chi connectivity index (χ2n) is 8.20. The van der Waals surface area contributed by atoms with Gasteiger partial charge < -0.3 is 5.11 Å². The molecule has 146 valence electrons. The minimum Gasteiger partial charge on any atom is -0.391 e. The topological polar surface area (TPSA) is 54.2 Å². The third kappa shape index (κ3) is 3.64. The highest BCUT2D eigenvalue weighted by Crippen LogP contribution is 2.40. The van der Waals surface area contributed by atoms with Gasteiger partial charge in [-0.15, -0.1) is 16.4 Å². The molecule has 3 aromatic rings. The molecule has 1 aliphatic carbocycles. The maximum atomic E-state index is 11.0. The predicted molar refractivity (Wildman–Crippen MR) is 110 cm³/mol. The van der Waals surface area contributed by atoms with Crippen molar-refractivity contribution in [1.82, 2.24) is 19.9 Å². The zero-order valence-corrected chi connectivity index (χ0v) is 16.9. The molecule has 0 amide bonds. The number of aryl methyl sites for hydroxylation is 1. The number of likely N-dealkylation sites (tertiary alicyclic amines) is 1. The number of piperidine rings is 1. The highest BCUT2D eigenvalue weighted by molar-refractivity contribution is 7.09. The number of nitrogens with zero attached hydrogens (tertiary/aromatic N) is 4. The molecule has 0 radical (unpaired) electrons. The van der Waals surface area contributed by atoms with Crippen LogP contribution in [0.2, 0.25) is 0 Å². The van der Waals surface area contributed by atoms with Crippen molar-refractivity contribution in [3.63, 3.8) is 0 Å². The molecule has 2 fully saturated rings. The van der Waals surface area contributed by atoms with Crippen LogP contribution >= 0.6 is 11.3 Å². The van der Waals surface area contributed by atoms with E-state index in [0.29, 0.717) is 12.3 Å². The lowest BCUT2D eigenvalue weighted by Gasteiger charge is -2.42. The third-order valence-electron chi connectivity index (χ3n) is 6.04. The lowest BCUT2D eigenvalue weighted by molar-refractivity contribution is -0.0105. The summed E-state index contributed by atoms with van der Waals surface area (Å²) in [5.74, 6) is 0.581. The molecule has 0 spiro atoms. The first kappa shape index (κ1) is 18.0. The Balaban J connectivity index is 1.42. The van der Waals surface area contributed by atoms with E-state index in [1.807, 2.05) is 4.68 Å². The van der Waals surface area contributed by atoms with Crippen LogP contribution in [0.4, 0.5) is 0 Å². The Bertz CT molecular complexity index is 916. The lowest BCUT2D eigenvalue weighted by atomic mass is 9.90. The first-order valence-electron chi connectivity index (χ1n) is 10.1. The second kappa shape index (κ2) is 7.43. The quantitative estimate of drug-likeness (QED) is 0.709. The predicted octanol–water partition coefficient (Wildman–Crippen LogP) is 4.07. The van der Waals surface area contributed by atoms with Gasteiger partial charge in [-0.05, 0) is 43.2 Å². The van der Waals surface area contributed by atoms with Gasteiger partial charge in [0.2, 0.25) is 0 Å². The molecular weight excluding hydrogens is 368 g/mol. The van der Waals surface area contributed by atoms with Crippen molar-refractivity contribution in [3.05, 3.63) is 69.7 Å². The van der Waals surface area contributed by atoms with Crippen LogP contribution in [0.25, 0.3) is 0 Å². The first-order chi connectivity index (χ1) is 13.7. The average Bonchev–Trinajstić information content (AvgIpc) is 3.21. The molecule has 5 rings (SSSR count). The molecule has 1 aliphatic heterocycles. The van der Waals surface area contributed by atoms with Gasteiger partial charge in [0.15, 0.2) is 0 Å².